The second-order valence-electron chi connectivity index (χ2n) is 6.74. The molecule has 0 atom stereocenters. The van der Waals surface area contributed by atoms with Crippen molar-refractivity contribution < 1.29 is 27.5 Å². The first-order valence-corrected chi connectivity index (χ1v) is 11.5. The van der Waals surface area contributed by atoms with Gasteiger partial charge in [0.05, 0.1) is 16.1 Å². The van der Waals surface area contributed by atoms with Crippen molar-refractivity contribution >= 4 is 45.0 Å². The molecule has 8 nitrogen and oxygen atoms in total. The molecule has 0 aliphatic heterocycles. The number of carbonyl (C=O) groups excluding carboxylic acids is 3. The van der Waals surface area contributed by atoms with Gasteiger partial charge in [-0.05, 0) is 49.5 Å². The topological polar surface area (TPSA) is 119 Å². The van der Waals surface area contributed by atoms with E-state index in [2.05, 4.69) is 10.0 Å². The number of sulfonamides is 1. The molecule has 0 saturated heterocycles. The molecule has 1 amide bonds. The lowest BCUT2D eigenvalue weighted by atomic mass is 10.0. The number of hydrogen-bond acceptors (Lipinski definition) is 6. The van der Waals surface area contributed by atoms with Crippen LogP contribution in [0.15, 0.2) is 77.7 Å². The van der Waals surface area contributed by atoms with Crippen LogP contribution in [-0.2, 0) is 19.6 Å². The monoisotopic (exact) mass is 486 g/mol. The molecule has 170 valence electrons. The number of benzene rings is 3. The largest absolute Gasteiger partial charge is 0.452 e. The fourth-order valence-electron chi connectivity index (χ4n) is 2.85. The van der Waals surface area contributed by atoms with Crippen LogP contribution in [0, 0.1) is 0 Å². The lowest BCUT2D eigenvalue weighted by Crippen LogP contribution is -2.22. The van der Waals surface area contributed by atoms with Crippen LogP contribution in [-0.4, -0.2) is 39.7 Å². The van der Waals surface area contributed by atoms with Crippen molar-refractivity contribution in [3.63, 3.8) is 0 Å². The highest BCUT2D eigenvalue weighted by Gasteiger charge is 2.18. The highest BCUT2D eigenvalue weighted by molar-refractivity contribution is 7.89. The van der Waals surface area contributed by atoms with E-state index in [1.165, 1.54) is 49.5 Å². The number of hydrogen-bond donors (Lipinski definition) is 2. The summed E-state index contributed by atoms with van der Waals surface area (Å²) in [6, 6.07) is 18.0. The normalized spacial score (nSPS) is 11.0. The predicted molar refractivity (Wildman–Crippen MR) is 123 cm³/mol. The maximum absolute atomic E-state index is 12.8. The van der Waals surface area contributed by atoms with Gasteiger partial charge in [-0.2, -0.15) is 0 Å². The predicted octanol–water partition coefficient (Wildman–Crippen LogP) is 3.27. The summed E-state index contributed by atoms with van der Waals surface area (Å²) in [6.45, 7) is -0.614. The van der Waals surface area contributed by atoms with Crippen molar-refractivity contribution in [2.75, 3.05) is 19.0 Å². The molecule has 0 aliphatic carbocycles. The molecular formula is C23H19ClN2O6S. The average Bonchev–Trinajstić information content (AvgIpc) is 2.83. The van der Waals surface area contributed by atoms with Gasteiger partial charge >= 0.3 is 5.97 Å². The van der Waals surface area contributed by atoms with Crippen molar-refractivity contribution in [2.45, 2.75) is 4.90 Å². The third-order valence-corrected chi connectivity index (χ3v) is 6.21. The smallest absolute Gasteiger partial charge is 0.338 e. The van der Waals surface area contributed by atoms with Crippen LogP contribution < -0.4 is 10.0 Å². The number of halogens is 1. The van der Waals surface area contributed by atoms with E-state index in [9.17, 15) is 22.8 Å². The van der Waals surface area contributed by atoms with Gasteiger partial charge in [0.2, 0.25) is 10.0 Å². The molecule has 3 rings (SSSR count). The fourth-order valence-corrected chi connectivity index (χ4v) is 3.75. The lowest BCUT2D eigenvalue weighted by Gasteiger charge is -2.12. The Bertz CT molecular complexity index is 1290. The number of ether oxygens (including phenoxy) is 1. The second-order valence-corrected chi connectivity index (χ2v) is 9.06. The van der Waals surface area contributed by atoms with Crippen LogP contribution in [0.25, 0.3) is 0 Å². The molecule has 33 heavy (non-hydrogen) atoms. The van der Waals surface area contributed by atoms with Crippen LogP contribution in [0.2, 0.25) is 5.02 Å². The first-order valence-electron chi connectivity index (χ1n) is 9.61. The van der Waals surface area contributed by atoms with Crippen molar-refractivity contribution in [2.24, 2.45) is 0 Å². The van der Waals surface area contributed by atoms with Crippen LogP contribution in [0.3, 0.4) is 0 Å². The number of carbonyl (C=O) groups is 3. The van der Waals surface area contributed by atoms with Gasteiger partial charge in [-0.15, -0.1) is 0 Å². The molecule has 3 aromatic rings. The summed E-state index contributed by atoms with van der Waals surface area (Å²) in [4.78, 5) is 37.4. The van der Waals surface area contributed by atoms with E-state index >= 15 is 0 Å². The van der Waals surface area contributed by atoms with Gasteiger partial charge < -0.3 is 10.1 Å². The highest BCUT2D eigenvalue weighted by atomic mass is 35.5. The third kappa shape index (κ3) is 6.04. The summed E-state index contributed by atoms with van der Waals surface area (Å²) >= 11 is 6.03. The molecule has 0 aliphatic rings. The number of esters is 1. The first kappa shape index (κ1) is 24.1. The number of rotatable bonds is 8. The molecule has 0 saturated carbocycles. The molecule has 0 heterocycles. The highest BCUT2D eigenvalue weighted by Crippen LogP contribution is 2.24. The maximum Gasteiger partial charge on any atom is 0.338 e. The molecule has 0 fully saturated rings. The number of nitrogens with one attached hydrogen (secondary N) is 2. The lowest BCUT2D eigenvalue weighted by molar-refractivity contribution is -0.119. The van der Waals surface area contributed by atoms with E-state index in [1.54, 1.807) is 30.3 Å². The Morgan fingerprint density at radius 3 is 2.21 bits per heavy atom. The minimum absolute atomic E-state index is 0.0161. The molecule has 0 aromatic heterocycles. The zero-order valence-corrected chi connectivity index (χ0v) is 18.9. The van der Waals surface area contributed by atoms with Crippen LogP contribution in [0.1, 0.15) is 26.3 Å². The first-order chi connectivity index (χ1) is 15.7. The Morgan fingerprint density at radius 1 is 0.909 bits per heavy atom. The Morgan fingerprint density at radius 2 is 1.58 bits per heavy atom. The van der Waals surface area contributed by atoms with Gasteiger partial charge in [-0.1, -0.05) is 41.9 Å². The van der Waals surface area contributed by atoms with E-state index < -0.39 is 28.5 Å². The second kappa shape index (κ2) is 10.4. The van der Waals surface area contributed by atoms with E-state index in [-0.39, 0.29) is 27.5 Å². The Hall–Kier alpha value is -3.53. The van der Waals surface area contributed by atoms with Gasteiger partial charge in [0.1, 0.15) is 0 Å². The van der Waals surface area contributed by atoms with Crippen molar-refractivity contribution in [1.82, 2.24) is 4.72 Å². The zero-order valence-electron chi connectivity index (χ0n) is 17.4. The third-order valence-electron chi connectivity index (χ3n) is 4.54. The summed E-state index contributed by atoms with van der Waals surface area (Å²) in [5, 5.41) is 2.87. The van der Waals surface area contributed by atoms with E-state index in [0.29, 0.717) is 10.6 Å². The Kier molecular flexibility index (Phi) is 7.59. The van der Waals surface area contributed by atoms with E-state index in [4.69, 9.17) is 16.3 Å². The molecule has 0 spiro atoms. The Labute approximate surface area is 195 Å². The summed E-state index contributed by atoms with van der Waals surface area (Å²) < 4.78 is 30.7. The molecule has 0 radical (unpaired) electrons. The number of anilines is 1. The molecule has 10 heteroatoms. The zero-order chi connectivity index (χ0) is 24.0. The van der Waals surface area contributed by atoms with Crippen molar-refractivity contribution in [1.29, 1.82) is 0 Å². The summed E-state index contributed by atoms with van der Waals surface area (Å²) in [6.07, 6.45) is 0. The SMILES string of the molecule is CNS(=O)(=O)c1ccc(C(=O)OCC(=O)Nc2ccc(Cl)cc2C(=O)c2ccccc2)cc1. The average molecular weight is 487 g/mol. The van der Waals surface area contributed by atoms with Crippen molar-refractivity contribution in [3.8, 4) is 0 Å². The van der Waals surface area contributed by atoms with Gasteiger partial charge in [0, 0.05) is 16.1 Å². The van der Waals surface area contributed by atoms with Crippen LogP contribution in [0.4, 0.5) is 5.69 Å². The summed E-state index contributed by atoms with van der Waals surface area (Å²) in [7, 11) is -2.37. The molecule has 0 unspecified atom stereocenters. The maximum atomic E-state index is 12.8. The van der Waals surface area contributed by atoms with E-state index in [0.717, 1.165) is 0 Å². The number of amides is 1. The van der Waals surface area contributed by atoms with Crippen LogP contribution >= 0.6 is 11.6 Å². The summed E-state index contributed by atoms with van der Waals surface area (Å²) in [5.74, 6) is -1.81. The van der Waals surface area contributed by atoms with E-state index in [1.807, 2.05) is 0 Å². The molecular weight excluding hydrogens is 468 g/mol. The van der Waals surface area contributed by atoms with Crippen LogP contribution in [0.5, 0.6) is 0 Å². The number of ketones is 1. The van der Waals surface area contributed by atoms with Crippen molar-refractivity contribution in [3.05, 3.63) is 94.5 Å². The van der Waals surface area contributed by atoms with Gasteiger partial charge in [0.25, 0.3) is 5.91 Å². The quantitative estimate of drug-likeness (QED) is 0.372. The van der Waals surface area contributed by atoms with Gasteiger partial charge in [0.15, 0.2) is 12.4 Å². The molecule has 2 N–H and O–H groups in total. The minimum Gasteiger partial charge on any atom is -0.452 e. The Balaban J connectivity index is 1.67. The molecule has 0 bridgehead atoms. The fraction of sp³-hybridized carbons (Fsp3) is 0.0870. The van der Waals surface area contributed by atoms with Gasteiger partial charge in [-0.25, -0.2) is 17.9 Å². The summed E-state index contributed by atoms with van der Waals surface area (Å²) in [5.41, 5.74) is 0.903. The van der Waals surface area contributed by atoms with Gasteiger partial charge in [-0.3, -0.25) is 9.59 Å². The molecule has 3 aromatic carbocycles. The minimum atomic E-state index is -3.64. The standard InChI is InChI=1S/C23H19ClN2O6S/c1-25-33(30,31)18-10-7-16(8-11-18)23(29)32-14-21(27)26-20-12-9-17(24)13-19(20)22(28)15-5-3-2-4-6-15/h2-13,25H,14H2,1H3,(H,26,27).